The van der Waals surface area contributed by atoms with E-state index in [0.29, 0.717) is 16.4 Å². The summed E-state index contributed by atoms with van der Waals surface area (Å²) in [6.07, 6.45) is -4.25. The molecular formula is C25H27BrN4O10. The summed E-state index contributed by atoms with van der Waals surface area (Å²) >= 11 is 3.43. The van der Waals surface area contributed by atoms with E-state index >= 15 is 0 Å². The van der Waals surface area contributed by atoms with Crippen molar-refractivity contribution in [3.63, 3.8) is 0 Å². The van der Waals surface area contributed by atoms with Crippen LogP contribution < -0.4 is 11.2 Å². The van der Waals surface area contributed by atoms with Crippen molar-refractivity contribution in [2.24, 2.45) is 0 Å². The number of hydrogen-bond acceptors (Lipinski definition) is 12. The van der Waals surface area contributed by atoms with Crippen LogP contribution in [-0.2, 0) is 50.0 Å². The second kappa shape index (κ2) is 12.8. The molecule has 1 N–H and O–H groups in total. The van der Waals surface area contributed by atoms with Crippen molar-refractivity contribution in [2.45, 2.75) is 64.8 Å². The summed E-state index contributed by atoms with van der Waals surface area (Å²) in [6.45, 7) is 5.42. The number of carbonyl (C=O) groups is 4. The molecule has 0 aliphatic carbocycles. The maximum absolute atomic E-state index is 12.7. The van der Waals surface area contributed by atoms with Crippen LogP contribution in [0.15, 0.2) is 21.7 Å². The van der Waals surface area contributed by atoms with Crippen molar-refractivity contribution in [1.82, 2.24) is 19.5 Å². The fourth-order valence-corrected chi connectivity index (χ4v) is 4.71. The van der Waals surface area contributed by atoms with Crippen LogP contribution in [0, 0.1) is 6.92 Å². The van der Waals surface area contributed by atoms with E-state index in [0.717, 1.165) is 38.8 Å². The maximum atomic E-state index is 12.7. The number of ether oxygens (including phenoxy) is 4. The molecule has 0 spiro atoms. The van der Waals surface area contributed by atoms with Gasteiger partial charge in [-0.25, -0.2) is 9.78 Å². The Labute approximate surface area is 235 Å². The fourth-order valence-electron chi connectivity index (χ4n) is 4.11. The van der Waals surface area contributed by atoms with Crippen molar-refractivity contribution in [1.29, 1.82) is 0 Å². The lowest BCUT2D eigenvalue weighted by Gasteiger charge is -2.32. The summed E-state index contributed by atoms with van der Waals surface area (Å²) in [5.41, 5.74) is 0.589. The molecule has 14 nitrogen and oxygen atoms in total. The van der Waals surface area contributed by atoms with Gasteiger partial charge in [-0.1, -0.05) is 15.9 Å². The number of carbonyl (C=O) groups excluding carboxylic acids is 4. The molecule has 1 aromatic rings. The molecule has 0 fully saturated rings. The molecule has 0 saturated carbocycles. The van der Waals surface area contributed by atoms with Crippen molar-refractivity contribution in [3.8, 4) is 11.5 Å². The van der Waals surface area contributed by atoms with Gasteiger partial charge in [0, 0.05) is 33.0 Å². The highest BCUT2D eigenvalue weighted by atomic mass is 79.9. The number of nitrogens with zero attached hydrogens (tertiary/aromatic N) is 3. The third kappa shape index (κ3) is 7.28. The number of esters is 4. The largest absolute Gasteiger partial charge is 0.462 e. The Morgan fingerprint density at radius 3 is 2.12 bits per heavy atom. The van der Waals surface area contributed by atoms with E-state index in [1.807, 2.05) is 6.92 Å². The molecule has 2 heterocycles. The van der Waals surface area contributed by atoms with Crippen molar-refractivity contribution >= 4 is 50.8 Å². The molecule has 2 aliphatic rings. The lowest BCUT2D eigenvalue weighted by atomic mass is 10.1. The van der Waals surface area contributed by atoms with E-state index in [1.165, 1.54) is 4.57 Å². The highest BCUT2D eigenvalue weighted by molar-refractivity contribution is 9.08. The average Bonchev–Trinajstić information content (AvgIpc) is 2.84. The van der Waals surface area contributed by atoms with Gasteiger partial charge < -0.3 is 23.5 Å². The topological polar surface area (TPSA) is 186 Å². The van der Waals surface area contributed by atoms with Crippen LogP contribution >= 0.6 is 15.9 Å². The molecule has 2 aliphatic heterocycles. The van der Waals surface area contributed by atoms with Gasteiger partial charge in [0.05, 0.1) is 17.6 Å². The van der Waals surface area contributed by atoms with Crippen LogP contribution in [0.3, 0.4) is 0 Å². The third-order valence-corrected chi connectivity index (χ3v) is 6.30. The summed E-state index contributed by atoms with van der Waals surface area (Å²) in [5, 5.41) is 0.461. The second-order valence-electron chi connectivity index (χ2n) is 8.84. The van der Waals surface area contributed by atoms with Gasteiger partial charge in [0.1, 0.15) is 6.61 Å². The minimum atomic E-state index is -1.48. The number of hydrogen-bond donors (Lipinski definition) is 1. The summed E-state index contributed by atoms with van der Waals surface area (Å²) < 4.78 is 22.7. The quantitative estimate of drug-likeness (QED) is 0.147. The Morgan fingerprint density at radius 2 is 1.55 bits per heavy atom. The Morgan fingerprint density at radius 1 is 0.925 bits per heavy atom. The zero-order chi connectivity index (χ0) is 29.7. The minimum absolute atomic E-state index is 0.131. The van der Waals surface area contributed by atoms with Gasteiger partial charge in [-0.3, -0.25) is 29.0 Å². The van der Waals surface area contributed by atoms with E-state index in [2.05, 4.69) is 30.9 Å². The molecule has 0 bridgehead atoms. The molecule has 0 saturated heterocycles. The zero-order valence-electron chi connectivity index (χ0n) is 22.3. The molecular weight excluding hydrogens is 596 g/mol. The van der Waals surface area contributed by atoms with Gasteiger partial charge in [-0.15, -0.1) is 0 Å². The first-order chi connectivity index (χ1) is 18.8. The number of aromatic amines is 1. The number of nitrogens with one attached hydrogen (secondary N) is 1. The number of halogens is 1. The molecule has 0 aromatic heterocycles. The predicted octanol–water partition coefficient (Wildman–Crippen LogP) is 1.15. The van der Waals surface area contributed by atoms with Gasteiger partial charge >= 0.3 is 29.6 Å². The Bertz CT molecular complexity index is 1550. The second-order valence-corrected chi connectivity index (χ2v) is 9.40. The first-order valence-electron chi connectivity index (χ1n) is 12.0. The number of alkyl halides is 1. The fraction of sp³-hybridized carbons (Fsp3) is 0.440. The number of fused-ring (bicyclic) bond motifs is 2. The van der Waals surface area contributed by atoms with Gasteiger partial charge in [-0.2, -0.15) is 4.98 Å². The summed E-state index contributed by atoms with van der Waals surface area (Å²) in [7, 11) is 0. The summed E-state index contributed by atoms with van der Waals surface area (Å²) in [4.78, 5) is 83.1. The lowest BCUT2D eigenvalue weighted by Crippen LogP contribution is -2.49. The SMILES string of the molecule is CC(=O)OC[C@@H](OC(C)=O)[C@@H](OC(C)=O)[C@H](Cn1c2nc(=O)[nH]c(=O)c-2nc2cc(C)c(CBr)cc21)OC(C)=O. The number of H-pyrrole nitrogens is 1. The molecule has 0 unspecified atom stereocenters. The highest BCUT2D eigenvalue weighted by Gasteiger charge is 2.39. The maximum Gasteiger partial charge on any atom is 0.349 e. The first kappa shape index (κ1) is 30.4. The molecule has 3 rings (SSSR count). The van der Waals surface area contributed by atoms with Gasteiger partial charge in [0.15, 0.2) is 29.8 Å². The molecule has 214 valence electrons. The molecule has 0 amide bonds. The van der Waals surface area contributed by atoms with Crippen LogP contribution in [0.1, 0.15) is 38.8 Å². The highest BCUT2D eigenvalue weighted by Crippen LogP contribution is 2.27. The van der Waals surface area contributed by atoms with Crippen molar-refractivity contribution in [2.75, 3.05) is 6.61 Å². The Balaban J connectivity index is 2.30. The number of aromatic nitrogens is 4. The van der Waals surface area contributed by atoms with Crippen LogP contribution in [0.5, 0.6) is 0 Å². The van der Waals surface area contributed by atoms with Crippen LogP contribution in [0.25, 0.3) is 22.6 Å². The van der Waals surface area contributed by atoms with Gasteiger partial charge in [0.2, 0.25) is 0 Å². The normalized spacial score (nSPS) is 13.3. The van der Waals surface area contributed by atoms with Crippen molar-refractivity contribution < 1.29 is 38.1 Å². The zero-order valence-corrected chi connectivity index (χ0v) is 23.9. The molecule has 3 atom stereocenters. The average molecular weight is 623 g/mol. The summed E-state index contributed by atoms with van der Waals surface area (Å²) in [6, 6.07) is 3.49. The molecule has 0 radical (unpaired) electrons. The number of rotatable bonds is 10. The number of benzene rings is 1. The standard InChI is InChI=1S/C25H27BrN4O10/c1-11-6-17-18(7-16(11)8-26)30(23-21(27-17)24(35)29-25(36)28-23)9-19(38-13(3)32)22(40-15(5)34)20(39-14(4)33)10-37-12(2)31/h6-7,19-20,22H,8-10H2,1-5H3,(H,29,35,36)/t19-,20+,22-/m0/s1. The molecule has 40 heavy (non-hydrogen) atoms. The van der Waals surface area contributed by atoms with Gasteiger partial charge in [0.25, 0.3) is 5.56 Å². The van der Waals surface area contributed by atoms with Gasteiger partial charge in [-0.05, 0) is 30.2 Å². The Hall–Kier alpha value is -4.14. The molecule has 15 heteroatoms. The van der Waals surface area contributed by atoms with Crippen LogP contribution in [0.4, 0.5) is 0 Å². The Kier molecular flexibility index (Phi) is 9.74. The van der Waals surface area contributed by atoms with Crippen LogP contribution in [0.2, 0.25) is 0 Å². The predicted molar refractivity (Wildman–Crippen MR) is 142 cm³/mol. The minimum Gasteiger partial charge on any atom is -0.462 e. The smallest absolute Gasteiger partial charge is 0.349 e. The van der Waals surface area contributed by atoms with E-state index in [-0.39, 0.29) is 18.1 Å². The van der Waals surface area contributed by atoms with E-state index < -0.39 is 60.0 Å². The lowest BCUT2D eigenvalue weighted by molar-refractivity contribution is -0.190. The van der Waals surface area contributed by atoms with E-state index in [9.17, 15) is 28.8 Å². The van der Waals surface area contributed by atoms with E-state index in [1.54, 1.807) is 12.1 Å². The molecule has 1 aromatic carbocycles. The summed E-state index contributed by atoms with van der Waals surface area (Å²) in [5.74, 6) is -3.22. The van der Waals surface area contributed by atoms with Crippen molar-refractivity contribution in [3.05, 3.63) is 44.1 Å². The monoisotopic (exact) mass is 622 g/mol. The third-order valence-electron chi connectivity index (χ3n) is 5.69. The van der Waals surface area contributed by atoms with E-state index in [4.69, 9.17) is 18.9 Å². The number of aryl methyl sites for hydroxylation is 1. The van der Waals surface area contributed by atoms with Crippen LogP contribution in [-0.4, -0.2) is 68.3 Å². The first-order valence-corrected chi connectivity index (χ1v) is 13.1.